The van der Waals surface area contributed by atoms with Gasteiger partial charge in [-0.05, 0) is 17.7 Å². The molecule has 0 radical (unpaired) electrons. The molecule has 0 fully saturated rings. The van der Waals surface area contributed by atoms with E-state index in [2.05, 4.69) is 4.98 Å². The first-order valence-electron chi connectivity index (χ1n) is 5.94. The third-order valence-electron chi connectivity index (χ3n) is 2.76. The Balaban J connectivity index is 1.75. The number of nitro benzene ring substituents is 1. The molecule has 0 N–H and O–H groups in total. The maximum Gasteiger partial charge on any atom is 0.269 e. The summed E-state index contributed by atoms with van der Waals surface area (Å²) in [6, 6.07) is 14.1. The number of para-hydroxylation sites is 2. The van der Waals surface area contributed by atoms with E-state index in [0.29, 0.717) is 11.0 Å². The second kappa shape index (κ2) is 5.34. The zero-order valence-electron chi connectivity index (χ0n) is 10.4. The SMILES string of the molecule is O=[N+]([O-])c1cccc(CSc2nc3ccccc3o2)c1. The molecule has 1 aromatic heterocycles. The molecular weight excluding hydrogens is 276 g/mol. The summed E-state index contributed by atoms with van der Waals surface area (Å²) in [6.45, 7) is 0. The van der Waals surface area contributed by atoms with E-state index in [4.69, 9.17) is 4.42 Å². The van der Waals surface area contributed by atoms with Gasteiger partial charge in [-0.3, -0.25) is 10.1 Å². The minimum atomic E-state index is -0.395. The Morgan fingerprint density at radius 3 is 2.85 bits per heavy atom. The third-order valence-corrected chi connectivity index (χ3v) is 3.66. The van der Waals surface area contributed by atoms with Crippen molar-refractivity contribution in [3.8, 4) is 0 Å². The van der Waals surface area contributed by atoms with Crippen molar-refractivity contribution in [2.45, 2.75) is 11.0 Å². The number of non-ortho nitro benzene ring substituents is 1. The lowest BCUT2D eigenvalue weighted by Gasteiger charge is -1.98. The summed E-state index contributed by atoms with van der Waals surface area (Å²) in [7, 11) is 0. The molecule has 0 saturated carbocycles. The van der Waals surface area contributed by atoms with Crippen LogP contribution in [-0.2, 0) is 5.75 Å². The molecule has 3 aromatic rings. The van der Waals surface area contributed by atoms with Crippen LogP contribution in [0.1, 0.15) is 5.56 Å². The van der Waals surface area contributed by atoms with Gasteiger partial charge in [0.05, 0.1) is 4.92 Å². The highest BCUT2D eigenvalue weighted by Crippen LogP contribution is 2.27. The molecule has 5 nitrogen and oxygen atoms in total. The van der Waals surface area contributed by atoms with Crippen molar-refractivity contribution < 1.29 is 9.34 Å². The molecule has 20 heavy (non-hydrogen) atoms. The molecule has 2 aromatic carbocycles. The van der Waals surface area contributed by atoms with Crippen LogP contribution in [0.3, 0.4) is 0 Å². The van der Waals surface area contributed by atoms with Crippen molar-refractivity contribution in [3.05, 3.63) is 64.2 Å². The number of aromatic nitrogens is 1. The molecule has 0 aliphatic heterocycles. The molecule has 0 saturated heterocycles. The van der Waals surface area contributed by atoms with Crippen LogP contribution >= 0.6 is 11.8 Å². The highest BCUT2D eigenvalue weighted by Gasteiger charge is 2.08. The molecule has 0 spiro atoms. The van der Waals surface area contributed by atoms with Gasteiger partial charge in [0, 0.05) is 17.9 Å². The summed E-state index contributed by atoms with van der Waals surface area (Å²) < 4.78 is 5.59. The van der Waals surface area contributed by atoms with E-state index in [1.165, 1.54) is 17.8 Å². The molecule has 0 bridgehead atoms. The molecule has 0 unspecified atom stereocenters. The maximum atomic E-state index is 10.7. The lowest BCUT2D eigenvalue weighted by molar-refractivity contribution is -0.384. The zero-order valence-corrected chi connectivity index (χ0v) is 11.2. The van der Waals surface area contributed by atoms with Gasteiger partial charge < -0.3 is 4.42 Å². The average molecular weight is 286 g/mol. The number of benzene rings is 2. The molecule has 6 heteroatoms. The Labute approximate surface area is 118 Å². The van der Waals surface area contributed by atoms with E-state index < -0.39 is 4.92 Å². The minimum absolute atomic E-state index is 0.0978. The van der Waals surface area contributed by atoms with Crippen LogP contribution in [0.5, 0.6) is 0 Å². The summed E-state index contributed by atoms with van der Waals surface area (Å²) in [5.74, 6) is 0.578. The van der Waals surface area contributed by atoms with Crippen LogP contribution in [-0.4, -0.2) is 9.91 Å². The summed E-state index contributed by atoms with van der Waals surface area (Å²) in [4.78, 5) is 14.7. The Morgan fingerprint density at radius 1 is 1.20 bits per heavy atom. The standard InChI is InChI=1S/C14H10N2O3S/c17-16(18)11-5-3-4-10(8-11)9-20-14-15-12-6-1-2-7-13(12)19-14/h1-8H,9H2. The third kappa shape index (κ3) is 2.65. The number of nitrogens with zero attached hydrogens (tertiary/aromatic N) is 2. The second-order valence-corrected chi connectivity index (χ2v) is 5.09. The lowest BCUT2D eigenvalue weighted by Crippen LogP contribution is -1.89. The number of nitro groups is 1. The highest BCUT2D eigenvalue weighted by atomic mass is 32.2. The number of oxazole rings is 1. The van der Waals surface area contributed by atoms with Gasteiger partial charge in [0.15, 0.2) is 5.58 Å². The number of rotatable bonds is 4. The minimum Gasteiger partial charge on any atom is -0.431 e. The van der Waals surface area contributed by atoms with Crippen molar-refractivity contribution in [2.24, 2.45) is 0 Å². The molecular formula is C14H10N2O3S. The Morgan fingerprint density at radius 2 is 2.05 bits per heavy atom. The summed E-state index contributed by atoms with van der Waals surface area (Å²) in [5, 5.41) is 11.3. The molecule has 100 valence electrons. The van der Waals surface area contributed by atoms with Crippen molar-refractivity contribution in [2.75, 3.05) is 0 Å². The fourth-order valence-electron chi connectivity index (χ4n) is 1.82. The summed E-state index contributed by atoms with van der Waals surface area (Å²) in [6.07, 6.45) is 0. The molecule has 0 atom stereocenters. The van der Waals surface area contributed by atoms with E-state index in [0.717, 1.165) is 16.7 Å². The molecule has 0 aliphatic rings. The van der Waals surface area contributed by atoms with E-state index in [-0.39, 0.29) is 5.69 Å². The first-order valence-corrected chi connectivity index (χ1v) is 6.92. The fraction of sp³-hybridized carbons (Fsp3) is 0.0714. The van der Waals surface area contributed by atoms with Gasteiger partial charge in [0.2, 0.25) is 0 Å². The summed E-state index contributed by atoms with van der Waals surface area (Å²) >= 11 is 1.42. The molecule has 3 rings (SSSR count). The normalized spacial score (nSPS) is 10.8. The van der Waals surface area contributed by atoms with E-state index in [1.54, 1.807) is 12.1 Å². The quantitative estimate of drug-likeness (QED) is 0.411. The Hall–Kier alpha value is -2.34. The van der Waals surface area contributed by atoms with Gasteiger partial charge in [-0.25, -0.2) is 4.98 Å². The van der Waals surface area contributed by atoms with Gasteiger partial charge >= 0.3 is 0 Å². The molecule has 1 heterocycles. The number of fused-ring (bicyclic) bond motifs is 1. The van der Waals surface area contributed by atoms with Crippen LogP contribution in [0.25, 0.3) is 11.1 Å². The van der Waals surface area contributed by atoms with Crippen molar-refractivity contribution in [1.29, 1.82) is 0 Å². The first kappa shape index (κ1) is 12.7. The van der Waals surface area contributed by atoms with Crippen molar-refractivity contribution in [3.63, 3.8) is 0 Å². The first-order chi connectivity index (χ1) is 9.72. The van der Waals surface area contributed by atoms with Gasteiger partial charge in [-0.15, -0.1) is 0 Å². The topological polar surface area (TPSA) is 69.2 Å². The smallest absolute Gasteiger partial charge is 0.269 e. The van der Waals surface area contributed by atoms with Crippen LogP contribution in [0, 0.1) is 10.1 Å². The maximum absolute atomic E-state index is 10.7. The highest BCUT2D eigenvalue weighted by molar-refractivity contribution is 7.98. The largest absolute Gasteiger partial charge is 0.431 e. The average Bonchev–Trinajstić information content (AvgIpc) is 2.88. The monoisotopic (exact) mass is 286 g/mol. The fourth-order valence-corrected chi connectivity index (χ4v) is 2.60. The Bertz CT molecular complexity index is 737. The van der Waals surface area contributed by atoms with Gasteiger partial charge in [-0.2, -0.15) is 0 Å². The van der Waals surface area contributed by atoms with E-state index >= 15 is 0 Å². The van der Waals surface area contributed by atoms with Gasteiger partial charge in [0.25, 0.3) is 10.9 Å². The Kier molecular flexibility index (Phi) is 3.39. The molecule has 0 aliphatic carbocycles. The van der Waals surface area contributed by atoms with Crippen LogP contribution < -0.4 is 0 Å². The zero-order chi connectivity index (χ0) is 13.9. The van der Waals surface area contributed by atoms with Gasteiger partial charge in [-0.1, -0.05) is 36.0 Å². The molecule has 0 amide bonds. The number of hydrogen-bond donors (Lipinski definition) is 0. The lowest BCUT2D eigenvalue weighted by atomic mass is 10.2. The van der Waals surface area contributed by atoms with Gasteiger partial charge in [0.1, 0.15) is 5.52 Å². The van der Waals surface area contributed by atoms with Crippen LogP contribution in [0.2, 0.25) is 0 Å². The predicted molar refractivity (Wildman–Crippen MR) is 76.7 cm³/mol. The van der Waals surface area contributed by atoms with Crippen LogP contribution in [0.4, 0.5) is 5.69 Å². The van der Waals surface area contributed by atoms with Crippen LogP contribution in [0.15, 0.2) is 58.2 Å². The van der Waals surface area contributed by atoms with E-state index in [1.807, 2.05) is 30.3 Å². The predicted octanol–water partition coefficient (Wildman–Crippen LogP) is 4.03. The van der Waals surface area contributed by atoms with E-state index in [9.17, 15) is 10.1 Å². The summed E-state index contributed by atoms with van der Waals surface area (Å²) in [5.41, 5.74) is 2.52. The number of thioether (sulfide) groups is 1. The number of hydrogen-bond acceptors (Lipinski definition) is 5. The van der Waals surface area contributed by atoms with Crippen molar-refractivity contribution >= 4 is 28.5 Å². The second-order valence-electron chi connectivity index (χ2n) is 4.16. The van der Waals surface area contributed by atoms with Crippen molar-refractivity contribution in [1.82, 2.24) is 4.98 Å².